The van der Waals surface area contributed by atoms with Crippen molar-refractivity contribution in [2.24, 2.45) is 0 Å². The van der Waals surface area contributed by atoms with Gasteiger partial charge < -0.3 is 16.0 Å². The molecule has 4 nitrogen and oxygen atoms in total. The summed E-state index contributed by atoms with van der Waals surface area (Å²) in [5, 5.41) is 3.32. The number of H-pyrrole nitrogens is 1. The first-order chi connectivity index (χ1) is 7.75. The Kier molecular flexibility index (Phi) is 3.10. The van der Waals surface area contributed by atoms with Crippen molar-refractivity contribution in [2.75, 3.05) is 17.6 Å². The summed E-state index contributed by atoms with van der Waals surface area (Å²) in [6, 6.07) is 5.99. The molecule has 0 saturated carbocycles. The highest BCUT2D eigenvalue weighted by Gasteiger charge is 1.99. The van der Waals surface area contributed by atoms with Crippen LogP contribution in [0.5, 0.6) is 0 Å². The summed E-state index contributed by atoms with van der Waals surface area (Å²) < 4.78 is 0. The molecule has 4 heteroatoms. The minimum absolute atomic E-state index is 0.787. The number of nitrogens with zero attached hydrogens (tertiary/aromatic N) is 1. The zero-order valence-corrected chi connectivity index (χ0v) is 9.33. The van der Waals surface area contributed by atoms with Crippen LogP contribution in [-0.2, 0) is 6.42 Å². The third-order valence-corrected chi connectivity index (χ3v) is 2.47. The molecule has 1 aromatic heterocycles. The summed E-state index contributed by atoms with van der Waals surface area (Å²) in [5.41, 5.74) is 9.98. The molecule has 4 N–H and O–H groups in total. The van der Waals surface area contributed by atoms with Crippen LogP contribution in [0.1, 0.15) is 11.3 Å². The summed E-state index contributed by atoms with van der Waals surface area (Å²) in [6.45, 7) is 2.90. The highest BCUT2D eigenvalue weighted by atomic mass is 14.9. The molecular weight excluding hydrogens is 200 g/mol. The van der Waals surface area contributed by atoms with Gasteiger partial charge in [-0.05, 0) is 24.6 Å². The molecule has 0 saturated heterocycles. The number of aromatic nitrogens is 2. The van der Waals surface area contributed by atoms with Crippen molar-refractivity contribution in [2.45, 2.75) is 13.3 Å². The Hall–Kier alpha value is -1.97. The molecule has 0 aliphatic heterocycles. The Morgan fingerprint density at radius 3 is 3.06 bits per heavy atom. The number of nitrogen functional groups attached to an aromatic ring is 1. The minimum atomic E-state index is 0.787. The monoisotopic (exact) mass is 216 g/mol. The molecular formula is C12H16N4. The molecule has 0 spiro atoms. The van der Waals surface area contributed by atoms with Gasteiger partial charge >= 0.3 is 0 Å². The van der Waals surface area contributed by atoms with Crippen LogP contribution in [0.15, 0.2) is 30.7 Å². The average molecular weight is 216 g/mol. The van der Waals surface area contributed by atoms with Gasteiger partial charge in [0.05, 0.1) is 17.7 Å². The number of nitrogens with two attached hydrogens (primary N) is 1. The van der Waals surface area contributed by atoms with Gasteiger partial charge in [0, 0.05) is 24.9 Å². The van der Waals surface area contributed by atoms with E-state index in [4.69, 9.17) is 5.73 Å². The first-order valence-electron chi connectivity index (χ1n) is 5.33. The summed E-state index contributed by atoms with van der Waals surface area (Å²) in [4.78, 5) is 7.04. The Labute approximate surface area is 94.9 Å². The molecule has 2 aromatic rings. The van der Waals surface area contributed by atoms with E-state index in [9.17, 15) is 0 Å². The van der Waals surface area contributed by atoms with E-state index in [1.54, 1.807) is 6.33 Å². The smallest absolute Gasteiger partial charge is 0.0921 e. The van der Waals surface area contributed by atoms with Crippen LogP contribution in [0.25, 0.3) is 0 Å². The first-order valence-corrected chi connectivity index (χ1v) is 5.33. The van der Waals surface area contributed by atoms with Gasteiger partial charge in [-0.25, -0.2) is 4.98 Å². The molecule has 16 heavy (non-hydrogen) atoms. The maximum atomic E-state index is 5.87. The van der Waals surface area contributed by atoms with Gasteiger partial charge in [0.25, 0.3) is 0 Å². The fraction of sp³-hybridized carbons (Fsp3) is 0.250. The average Bonchev–Trinajstić information content (AvgIpc) is 2.76. The van der Waals surface area contributed by atoms with Gasteiger partial charge in [0.2, 0.25) is 0 Å². The third-order valence-electron chi connectivity index (χ3n) is 2.47. The predicted molar refractivity (Wildman–Crippen MR) is 66.4 cm³/mol. The maximum Gasteiger partial charge on any atom is 0.0921 e. The largest absolute Gasteiger partial charge is 0.397 e. The molecule has 1 aromatic carbocycles. The Morgan fingerprint density at radius 2 is 2.31 bits per heavy atom. The van der Waals surface area contributed by atoms with Crippen molar-refractivity contribution in [3.8, 4) is 0 Å². The summed E-state index contributed by atoms with van der Waals surface area (Å²) in [5.74, 6) is 0. The molecule has 0 atom stereocenters. The van der Waals surface area contributed by atoms with Crippen molar-refractivity contribution in [1.82, 2.24) is 9.97 Å². The zero-order valence-electron chi connectivity index (χ0n) is 9.33. The number of benzene rings is 1. The van der Waals surface area contributed by atoms with E-state index >= 15 is 0 Å². The van der Waals surface area contributed by atoms with Gasteiger partial charge in [-0.1, -0.05) is 6.07 Å². The van der Waals surface area contributed by atoms with Gasteiger partial charge in [0.15, 0.2) is 0 Å². The lowest BCUT2D eigenvalue weighted by Gasteiger charge is -2.09. The van der Waals surface area contributed by atoms with Crippen LogP contribution < -0.4 is 11.1 Å². The lowest BCUT2D eigenvalue weighted by atomic mass is 10.2. The first kappa shape index (κ1) is 10.5. The Morgan fingerprint density at radius 1 is 1.44 bits per heavy atom. The number of hydrogen-bond acceptors (Lipinski definition) is 3. The second kappa shape index (κ2) is 4.70. The van der Waals surface area contributed by atoms with E-state index in [-0.39, 0.29) is 0 Å². The van der Waals surface area contributed by atoms with E-state index in [1.165, 1.54) is 5.56 Å². The quantitative estimate of drug-likeness (QED) is 0.684. The molecule has 0 aliphatic rings. The molecule has 0 radical (unpaired) electrons. The van der Waals surface area contributed by atoms with Crippen molar-refractivity contribution in [1.29, 1.82) is 0 Å². The number of anilines is 2. The zero-order chi connectivity index (χ0) is 11.4. The number of aromatic amines is 1. The number of hydrogen-bond donors (Lipinski definition) is 3. The van der Waals surface area contributed by atoms with E-state index in [2.05, 4.69) is 28.3 Å². The van der Waals surface area contributed by atoms with Crippen LogP contribution in [0, 0.1) is 6.92 Å². The van der Waals surface area contributed by atoms with E-state index < -0.39 is 0 Å². The molecule has 2 rings (SSSR count). The number of aryl methyl sites for hydroxylation is 1. The van der Waals surface area contributed by atoms with Crippen molar-refractivity contribution >= 4 is 11.4 Å². The van der Waals surface area contributed by atoms with Gasteiger partial charge in [-0.3, -0.25) is 0 Å². The molecule has 0 unspecified atom stereocenters. The molecule has 0 amide bonds. The second-order valence-electron chi connectivity index (χ2n) is 3.84. The van der Waals surface area contributed by atoms with Crippen LogP contribution in [0.2, 0.25) is 0 Å². The normalized spacial score (nSPS) is 10.3. The van der Waals surface area contributed by atoms with Crippen LogP contribution in [0.4, 0.5) is 11.4 Å². The topological polar surface area (TPSA) is 66.7 Å². The lowest BCUT2D eigenvalue weighted by molar-refractivity contribution is 0.977. The van der Waals surface area contributed by atoms with E-state index in [0.29, 0.717) is 0 Å². The van der Waals surface area contributed by atoms with Crippen molar-refractivity contribution in [3.05, 3.63) is 42.0 Å². The van der Waals surface area contributed by atoms with Crippen LogP contribution in [0.3, 0.4) is 0 Å². The van der Waals surface area contributed by atoms with Crippen LogP contribution in [-0.4, -0.2) is 16.5 Å². The minimum Gasteiger partial charge on any atom is -0.397 e. The summed E-state index contributed by atoms with van der Waals surface area (Å²) in [7, 11) is 0. The highest BCUT2D eigenvalue weighted by molar-refractivity contribution is 5.66. The van der Waals surface area contributed by atoms with Gasteiger partial charge in [-0.15, -0.1) is 0 Å². The maximum absolute atomic E-state index is 5.87. The van der Waals surface area contributed by atoms with Crippen LogP contribution >= 0.6 is 0 Å². The van der Waals surface area contributed by atoms with Crippen molar-refractivity contribution in [3.63, 3.8) is 0 Å². The number of imidazole rings is 1. The fourth-order valence-electron chi connectivity index (χ4n) is 1.58. The molecule has 0 aliphatic carbocycles. The number of nitrogens with one attached hydrogen (secondary N) is 2. The summed E-state index contributed by atoms with van der Waals surface area (Å²) >= 11 is 0. The molecule has 84 valence electrons. The third kappa shape index (κ3) is 2.53. The van der Waals surface area contributed by atoms with Gasteiger partial charge in [0.1, 0.15) is 0 Å². The predicted octanol–water partition coefficient (Wildman–Crippen LogP) is 1.95. The molecule has 0 bridgehead atoms. The highest BCUT2D eigenvalue weighted by Crippen LogP contribution is 2.19. The van der Waals surface area contributed by atoms with E-state index in [0.717, 1.165) is 30.0 Å². The lowest BCUT2D eigenvalue weighted by Crippen LogP contribution is -2.07. The van der Waals surface area contributed by atoms with E-state index in [1.807, 2.05) is 18.3 Å². The number of rotatable bonds is 4. The fourth-order valence-corrected chi connectivity index (χ4v) is 1.58. The Bertz CT molecular complexity index is 448. The second-order valence-corrected chi connectivity index (χ2v) is 3.84. The Balaban J connectivity index is 1.92. The standard InChI is InChI=1S/C12H16N4/c1-9-2-3-11(13)12(6-9)15-5-4-10-7-14-8-16-10/h2-3,6-8,15H,4-5,13H2,1H3,(H,14,16). The summed E-state index contributed by atoms with van der Waals surface area (Å²) in [6.07, 6.45) is 4.44. The van der Waals surface area contributed by atoms with Gasteiger partial charge in [-0.2, -0.15) is 0 Å². The SMILES string of the molecule is Cc1ccc(N)c(NCCc2cnc[nH]2)c1. The molecule has 1 heterocycles. The van der Waals surface area contributed by atoms with Crippen molar-refractivity contribution < 1.29 is 0 Å². The molecule has 0 fully saturated rings.